The summed E-state index contributed by atoms with van der Waals surface area (Å²) in [5, 5.41) is 5.31. The first-order valence-electron chi connectivity index (χ1n) is 6.34. The van der Waals surface area contributed by atoms with E-state index in [9.17, 15) is 0 Å². The van der Waals surface area contributed by atoms with Crippen molar-refractivity contribution in [3.05, 3.63) is 35.0 Å². The minimum Gasteiger partial charge on any atom is -0.382 e. The van der Waals surface area contributed by atoms with Crippen LogP contribution in [-0.2, 0) is 16.0 Å². The lowest BCUT2D eigenvalue weighted by Crippen LogP contribution is -2.20. The molecule has 0 atom stereocenters. The molecule has 0 aliphatic rings. The van der Waals surface area contributed by atoms with Crippen molar-refractivity contribution in [1.29, 1.82) is 0 Å². The quantitative estimate of drug-likeness (QED) is 0.732. The van der Waals surface area contributed by atoms with Crippen molar-refractivity contribution in [3.63, 3.8) is 0 Å². The Bertz CT molecular complexity index is 513. The van der Waals surface area contributed by atoms with Gasteiger partial charge in [0.25, 0.3) is 0 Å². The van der Waals surface area contributed by atoms with Crippen LogP contribution in [0.5, 0.6) is 0 Å². The number of aromatic amines is 1. The minimum absolute atomic E-state index is 0.642. The van der Waals surface area contributed by atoms with Gasteiger partial charge in [-0.05, 0) is 17.7 Å². The summed E-state index contributed by atoms with van der Waals surface area (Å²) in [6.45, 7) is 3.61. The Balaban J connectivity index is 1.76. The van der Waals surface area contributed by atoms with Gasteiger partial charge in [-0.25, -0.2) is 0 Å². The lowest BCUT2D eigenvalue weighted by molar-refractivity contribution is 0.0719. The number of fused-ring (bicyclic) bond motifs is 1. The van der Waals surface area contributed by atoms with Crippen molar-refractivity contribution in [3.8, 4) is 0 Å². The SMILES string of the molecule is COCCOCCNCc1c[nH]c2cc(Cl)ccc12. The van der Waals surface area contributed by atoms with Crippen LogP contribution in [0.1, 0.15) is 5.56 Å². The molecule has 0 spiro atoms. The predicted octanol–water partition coefficient (Wildman–Crippen LogP) is 2.57. The van der Waals surface area contributed by atoms with E-state index in [0.717, 1.165) is 23.6 Å². The second kappa shape index (κ2) is 7.50. The normalized spacial score (nSPS) is 11.3. The van der Waals surface area contributed by atoms with E-state index in [1.807, 2.05) is 24.4 Å². The van der Waals surface area contributed by atoms with Crippen molar-refractivity contribution in [2.24, 2.45) is 0 Å². The highest BCUT2D eigenvalue weighted by molar-refractivity contribution is 6.31. The summed E-state index contributed by atoms with van der Waals surface area (Å²) in [6.07, 6.45) is 2.01. The first-order valence-corrected chi connectivity index (χ1v) is 6.72. The fraction of sp³-hybridized carbons (Fsp3) is 0.429. The number of H-pyrrole nitrogens is 1. The summed E-state index contributed by atoms with van der Waals surface area (Å²) in [4.78, 5) is 3.23. The zero-order valence-corrected chi connectivity index (χ0v) is 11.8. The number of hydrogen-bond acceptors (Lipinski definition) is 3. The summed E-state index contributed by atoms with van der Waals surface area (Å²) >= 11 is 5.95. The molecule has 0 saturated heterocycles. The van der Waals surface area contributed by atoms with Gasteiger partial charge in [0.1, 0.15) is 0 Å². The van der Waals surface area contributed by atoms with E-state index in [2.05, 4.69) is 10.3 Å². The van der Waals surface area contributed by atoms with Crippen molar-refractivity contribution >= 4 is 22.5 Å². The third kappa shape index (κ3) is 4.21. The van der Waals surface area contributed by atoms with Crippen LogP contribution in [0.15, 0.2) is 24.4 Å². The van der Waals surface area contributed by atoms with Gasteiger partial charge in [-0.3, -0.25) is 0 Å². The average molecular weight is 283 g/mol. The number of rotatable bonds is 8. The van der Waals surface area contributed by atoms with Crippen molar-refractivity contribution < 1.29 is 9.47 Å². The van der Waals surface area contributed by atoms with Gasteiger partial charge in [-0.2, -0.15) is 0 Å². The third-order valence-corrected chi connectivity index (χ3v) is 3.13. The number of halogens is 1. The Morgan fingerprint density at radius 2 is 2.16 bits per heavy atom. The van der Waals surface area contributed by atoms with Crippen LogP contribution < -0.4 is 5.32 Å². The first kappa shape index (κ1) is 14.3. The van der Waals surface area contributed by atoms with Crippen molar-refractivity contribution in [2.75, 3.05) is 33.5 Å². The van der Waals surface area contributed by atoms with Crippen LogP contribution in [0.4, 0.5) is 0 Å². The Morgan fingerprint density at radius 1 is 1.26 bits per heavy atom. The first-order chi connectivity index (χ1) is 9.31. The molecule has 0 radical (unpaired) electrons. The summed E-state index contributed by atoms with van der Waals surface area (Å²) in [7, 11) is 1.67. The summed E-state index contributed by atoms with van der Waals surface area (Å²) < 4.78 is 10.3. The molecule has 104 valence electrons. The number of ether oxygens (including phenoxy) is 2. The molecule has 1 aromatic heterocycles. The van der Waals surface area contributed by atoms with Crippen molar-refractivity contribution in [2.45, 2.75) is 6.54 Å². The number of nitrogens with one attached hydrogen (secondary N) is 2. The Morgan fingerprint density at radius 3 is 3.00 bits per heavy atom. The maximum absolute atomic E-state index is 5.95. The standard InChI is InChI=1S/C14H19ClN2O2/c1-18-6-7-19-5-4-16-9-11-10-17-14-8-12(15)2-3-13(11)14/h2-3,8,10,16-17H,4-7,9H2,1H3. The van der Waals surface area contributed by atoms with Gasteiger partial charge in [0.15, 0.2) is 0 Å². The molecule has 0 unspecified atom stereocenters. The fourth-order valence-electron chi connectivity index (χ4n) is 1.92. The lowest BCUT2D eigenvalue weighted by atomic mass is 10.2. The van der Waals surface area contributed by atoms with Gasteiger partial charge in [-0.1, -0.05) is 17.7 Å². The van der Waals surface area contributed by atoms with E-state index in [1.165, 1.54) is 10.9 Å². The predicted molar refractivity (Wildman–Crippen MR) is 77.7 cm³/mol. The number of methoxy groups -OCH3 is 1. The smallest absolute Gasteiger partial charge is 0.0700 e. The largest absolute Gasteiger partial charge is 0.382 e. The number of benzene rings is 1. The molecule has 0 fully saturated rings. The number of hydrogen-bond donors (Lipinski definition) is 2. The molecule has 2 N–H and O–H groups in total. The second-order valence-electron chi connectivity index (χ2n) is 4.29. The zero-order valence-electron chi connectivity index (χ0n) is 11.0. The Kier molecular flexibility index (Phi) is 5.66. The average Bonchev–Trinajstić information content (AvgIpc) is 2.80. The molecule has 0 bridgehead atoms. The topological polar surface area (TPSA) is 46.3 Å². The summed E-state index contributed by atoms with van der Waals surface area (Å²) in [6, 6.07) is 5.89. The van der Waals surface area contributed by atoms with E-state index in [0.29, 0.717) is 19.8 Å². The maximum atomic E-state index is 5.95. The molecular formula is C14H19ClN2O2. The molecule has 0 aliphatic heterocycles. The van der Waals surface area contributed by atoms with Gasteiger partial charge in [0.2, 0.25) is 0 Å². The molecule has 19 heavy (non-hydrogen) atoms. The van der Waals surface area contributed by atoms with Crippen LogP contribution >= 0.6 is 11.6 Å². The molecule has 1 heterocycles. The van der Waals surface area contributed by atoms with Crippen LogP contribution in [-0.4, -0.2) is 38.5 Å². The van der Waals surface area contributed by atoms with E-state index in [-0.39, 0.29) is 0 Å². The number of aromatic nitrogens is 1. The molecule has 0 aliphatic carbocycles. The van der Waals surface area contributed by atoms with E-state index in [4.69, 9.17) is 21.1 Å². The molecule has 1 aromatic carbocycles. The Hall–Kier alpha value is -1.07. The molecule has 2 aromatic rings. The molecular weight excluding hydrogens is 264 g/mol. The maximum Gasteiger partial charge on any atom is 0.0700 e. The molecule has 4 nitrogen and oxygen atoms in total. The van der Waals surface area contributed by atoms with Crippen LogP contribution in [0.2, 0.25) is 5.02 Å². The lowest BCUT2D eigenvalue weighted by Gasteiger charge is -2.05. The molecule has 2 rings (SSSR count). The van der Waals surface area contributed by atoms with E-state index < -0.39 is 0 Å². The molecule has 0 amide bonds. The molecule has 5 heteroatoms. The van der Waals surface area contributed by atoms with Gasteiger partial charge in [-0.15, -0.1) is 0 Å². The minimum atomic E-state index is 0.642. The van der Waals surface area contributed by atoms with Gasteiger partial charge >= 0.3 is 0 Å². The summed E-state index contributed by atoms with van der Waals surface area (Å²) in [5.41, 5.74) is 2.31. The highest BCUT2D eigenvalue weighted by Gasteiger charge is 2.03. The highest BCUT2D eigenvalue weighted by atomic mass is 35.5. The van der Waals surface area contributed by atoms with Crippen LogP contribution in [0, 0.1) is 0 Å². The molecule has 0 saturated carbocycles. The van der Waals surface area contributed by atoms with Crippen molar-refractivity contribution in [1.82, 2.24) is 10.3 Å². The van der Waals surface area contributed by atoms with Gasteiger partial charge < -0.3 is 19.8 Å². The second-order valence-corrected chi connectivity index (χ2v) is 4.72. The Labute approximate surface area is 118 Å². The van der Waals surface area contributed by atoms with Gasteiger partial charge in [0.05, 0.1) is 19.8 Å². The van der Waals surface area contributed by atoms with E-state index in [1.54, 1.807) is 7.11 Å². The monoisotopic (exact) mass is 282 g/mol. The third-order valence-electron chi connectivity index (χ3n) is 2.90. The van der Waals surface area contributed by atoms with Crippen LogP contribution in [0.25, 0.3) is 10.9 Å². The summed E-state index contributed by atoms with van der Waals surface area (Å²) in [5.74, 6) is 0. The zero-order chi connectivity index (χ0) is 13.5. The highest BCUT2D eigenvalue weighted by Crippen LogP contribution is 2.21. The van der Waals surface area contributed by atoms with Gasteiger partial charge in [0, 0.05) is 42.3 Å². The van der Waals surface area contributed by atoms with E-state index >= 15 is 0 Å². The fourth-order valence-corrected chi connectivity index (χ4v) is 2.09. The van der Waals surface area contributed by atoms with Crippen LogP contribution in [0.3, 0.4) is 0 Å².